The van der Waals surface area contributed by atoms with Crippen molar-refractivity contribution in [2.24, 2.45) is 11.8 Å². The van der Waals surface area contributed by atoms with Gasteiger partial charge < -0.3 is 25.4 Å². The van der Waals surface area contributed by atoms with Gasteiger partial charge in [0.15, 0.2) is 27.3 Å². The number of carbonyl (C=O) groups excluding carboxylic acids is 1. The average molecular weight is 606 g/mol. The van der Waals surface area contributed by atoms with Crippen LogP contribution in [0.3, 0.4) is 0 Å². The Kier molecular flexibility index (Phi) is 9.48. The second-order valence-electron chi connectivity index (χ2n) is 10.4. The van der Waals surface area contributed by atoms with E-state index in [-0.39, 0.29) is 65.7 Å². The van der Waals surface area contributed by atoms with Crippen LogP contribution in [0.25, 0.3) is 0 Å². The van der Waals surface area contributed by atoms with Gasteiger partial charge in [-0.05, 0) is 68.6 Å². The fourth-order valence-electron chi connectivity index (χ4n) is 5.82. The van der Waals surface area contributed by atoms with Crippen LogP contribution in [-0.4, -0.2) is 66.4 Å². The van der Waals surface area contributed by atoms with Gasteiger partial charge in [0, 0.05) is 36.6 Å². The number of carbonyl (C=O) groups is 1. The van der Waals surface area contributed by atoms with Crippen molar-refractivity contribution in [3.63, 3.8) is 0 Å². The van der Waals surface area contributed by atoms with E-state index in [0.717, 1.165) is 6.07 Å². The maximum Gasteiger partial charge on any atom is 0.255 e. The van der Waals surface area contributed by atoms with Crippen molar-refractivity contribution in [2.45, 2.75) is 60.4 Å². The zero-order valence-electron chi connectivity index (χ0n) is 21.5. The molecule has 1 amide bonds. The fourth-order valence-corrected chi connectivity index (χ4v) is 8.22. The number of hydrogen-bond donors (Lipinski definition) is 4. The molecule has 0 saturated heterocycles. The van der Waals surface area contributed by atoms with Gasteiger partial charge in [0.1, 0.15) is 0 Å². The first-order valence-electron chi connectivity index (χ1n) is 13.0. The number of anilines is 1. The van der Waals surface area contributed by atoms with Crippen LogP contribution in [-0.2, 0) is 14.6 Å². The highest BCUT2D eigenvalue weighted by Gasteiger charge is 2.56. The molecular formula is C27H31ClF3NO7S. The van der Waals surface area contributed by atoms with Crippen molar-refractivity contribution in [3.8, 4) is 0 Å². The quantitative estimate of drug-likeness (QED) is 0.286. The van der Waals surface area contributed by atoms with E-state index in [0.29, 0.717) is 37.8 Å². The number of aliphatic hydroxyl groups is 3. The van der Waals surface area contributed by atoms with Crippen LogP contribution >= 0.6 is 11.6 Å². The molecule has 2 fully saturated rings. The van der Waals surface area contributed by atoms with Crippen LogP contribution in [0.2, 0.25) is 5.02 Å². The maximum absolute atomic E-state index is 13.7. The summed E-state index contributed by atoms with van der Waals surface area (Å²) < 4.78 is 73.6. The number of hydrogen-bond acceptors (Lipinski definition) is 7. The molecule has 0 spiro atoms. The van der Waals surface area contributed by atoms with Crippen LogP contribution in [0.5, 0.6) is 0 Å². The summed E-state index contributed by atoms with van der Waals surface area (Å²) in [6, 6.07) is 4.77. The lowest BCUT2D eigenvalue weighted by molar-refractivity contribution is -0.133. The molecule has 0 aromatic heterocycles. The van der Waals surface area contributed by atoms with Crippen molar-refractivity contribution in [2.75, 3.05) is 25.1 Å². The number of rotatable bonds is 11. The molecule has 40 heavy (non-hydrogen) atoms. The van der Waals surface area contributed by atoms with E-state index >= 15 is 0 Å². The Morgan fingerprint density at radius 2 is 1.62 bits per heavy atom. The number of sulfone groups is 1. The van der Waals surface area contributed by atoms with Gasteiger partial charge in [0.05, 0.1) is 33.5 Å². The highest BCUT2D eigenvalue weighted by molar-refractivity contribution is 7.92. The Morgan fingerprint density at radius 3 is 2.17 bits per heavy atom. The topological polar surface area (TPSA) is 133 Å². The number of fused-ring (bicyclic) bond motifs is 2. The molecular weight excluding hydrogens is 575 g/mol. The summed E-state index contributed by atoms with van der Waals surface area (Å²) in [6.45, 7) is -0.307. The fraction of sp³-hybridized carbons (Fsp3) is 0.519. The Morgan fingerprint density at radius 1 is 1.05 bits per heavy atom. The number of benzene rings is 2. The molecule has 2 saturated carbocycles. The number of halogens is 4. The second-order valence-corrected chi connectivity index (χ2v) is 13.0. The third kappa shape index (κ3) is 6.17. The SMILES string of the molecule is O=C(Nc1cc(F)c(F)c(F)c1)c1ccc(Cl)c(S(=O)(=O)C2CC3CC[C@@H](C2)[C@@]3(O)COC(CCO)CCO)c1. The van der Waals surface area contributed by atoms with Gasteiger partial charge in [0.2, 0.25) is 0 Å². The zero-order valence-corrected chi connectivity index (χ0v) is 23.0. The molecule has 0 radical (unpaired) electrons. The van der Waals surface area contributed by atoms with Gasteiger partial charge in [-0.1, -0.05) is 11.6 Å². The van der Waals surface area contributed by atoms with Gasteiger partial charge in [-0.2, -0.15) is 0 Å². The number of nitrogens with one attached hydrogen (secondary N) is 1. The first-order chi connectivity index (χ1) is 18.9. The Labute approximate surface area is 235 Å². The monoisotopic (exact) mass is 605 g/mol. The van der Waals surface area contributed by atoms with Gasteiger partial charge >= 0.3 is 0 Å². The molecule has 220 valence electrons. The van der Waals surface area contributed by atoms with Crippen molar-refractivity contribution in [1.29, 1.82) is 0 Å². The lowest BCUT2D eigenvalue weighted by Crippen LogP contribution is -2.51. The van der Waals surface area contributed by atoms with Crippen LogP contribution < -0.4 is 5.32 Å². The van der Waals surface area contributed by atoms with E-state index in [2.05, 4.69) is 5.32 Å². The minimum atomic E-state index is -4.06. The van der Waals surface area contributed by atoms with Crippen LogP contribution in [0.1, 0.15) is 48.9 Å². The molecule has 13 heteroatoms. The Bertz CT molecular complexity index is 1320. The molecule has 4 atom stereocenters. The molecule has 2 aliphatic rings. The minimum Gasteiger partial charge on any atom is -0.396 e. The average Bonchev–Trinajstić information content (AvgIpc) is 3.06. The number of ether oxygens (including phenoxy) is 1. The highest BCUT2D eigenvalue weighted by atomic mass is 35.5. The summed E-state index contributed by atoms with van der Waals surface area (Å²) in [7, 11) is -4.06. The summed E-state index contributed by atoms with van der Waals surface area (Å²) in [6.07, 6.45) is 1.65. The predicted octanol–water partition coefficient (Wildman–Crippen LogP) is 3.85. The molecule has 8 nitrogen and oxygen atoms in total. The van der Waals surface area contributed by atoms with Gasteiger partial charge in [-0.3, -0.25) is 4.79 Å². The van der Waals surface area contributed by atoms with E-state index in [9.17, 15) is 41.7 Å². The maximum atomic E-state index is 13.7. The molecule has 2 aromatic rings. The predicted molar refractivity (Wildman–Crippen MR) is 140 cm³/mol. The van der Waals surface area contributed by atoms with E-state index in [4.69, 9.17) is 16.3 Å². The standard InChI is InChI=1S/C27H31ClF3NO7S/c28-21-4-1-15(26(35)32-18-12-22(29)25(31)23(30)13-18)9-24(21)40(37,38)20-10-16-2-3-17(11-20)27(16,36)14-39-19(5-7-33)6-8-34/h1,4,9,12-13,16-17,19-20,33-34,36H,2-3,5-8,10-11,14H2,(H,32,35)/t16-,17?,20?,27-/m0/s1. The third-order valence-electron chi connectivity index (χ3n) is 8.01. The van der Waals surface area contributed by atoms with E-state index in [1.807, 2.05) is 0 Å². The Balaban J connectivity index is 1.51. The molecule has 2 aliphatic carbocycles. The first-order valence-corrected chi connectivity index (χ1v) is 14.9. The van der Waals surface area contributed by atoms with Gasteiger partial charge in [-0.25, -0.2) is 21.6 Å². The van der Waals surface area contributed by atoms with Crippen LogP contribution in [0, 0.1) is 29.3 Å². The Hall–Kier alpha value is -2.22. The lowest BCUT2D eigenvalue weighted by Gasteiger charge is -2.42. The minimum absolute atomic E-state index is 0.0409. The van der Waals surface area contributed by atoms with E-state index < -0.39 is 50.2 Å². The summed E-state index contributed by atoms with van der Waals surface area (Å²) in [5, 5.41) is 31.2. The molecule has 0 heterocycles. The van der Waals surface area contributed by atoms with Crippen molar-refractivity contribution in [3.05, 3.63) is 58.4 Å². The summed E-state index contributed by atoms with van der Waals surface area (Å²) in [5.74, 6) is -6.30. The van der Waals surface area contributed by atoms with Crippen LogP contribution in [0.4, 0.5) is 18.9 Å². The zero-order chi connectivity index (χ0) is 29.2. The van der Waals surface area contributed by atoms with E-state index in [1.165, 1.54) is 12.1 Å². The molecule has 2 bridgehead atoms. The van der Waals surface area contributed by atoms with Crippen molar-refractivity contribution < 1.29 is 46.4 Å². The number of aliphatic hydroxyl groups excluding tert-OH is 2. The van der Waals surface area contributed by atoms with Crippen molar-refractivity contribution >= 4 is 33.0 Å². The normalized spacial score (nSPS) is 24.4. The summed E-state index contributed by atoms with van der Waals surface area (Å²) in [4.78, 5) is 12.5. The van der Waals surface area contributed by atoms with Crippen molar-refractivity contribution in [1.82, 2.24) is 0 Å². The molecule has 0 aliphatic heterocycles. The summed E-state index contributed by atoms with van der Waals surface area (Å²) >= 11 is 6.25. The third-order valence-corrected chi connectivity index (χ3v) is 10.7. The molecule has 4 N–H and O–H groups in total. The molecule has 2 unspecified atom stereocenters. The largest absolute Gasteiger partial charge is 0.396 e. The van der Waals surface area contributed by atoms with Crippen LogP contribution in [0.15, 0.2) is 35.2 Å². The highest BCUT2D eigenvalue weighted by Crippen LogP contribution is 2.52. The summed E-state index contributed by atoms with van der Waals surface area (Å²) in [5.41, 5.74) is -1.75. The van der Waals surface area contributed by atoms with Gasteiger partial charge in [-0.15, -0.1) is 0 Å². The lowest BCUT2D eigenvalue weighted by atomic mass is 9.75. The molecule has 2 aromatic carbocycles. The first kappa shape index (κ1) is 30.7. The molecule has 4 rings (SSSR count). The number of amides is 1. The van der Waals surface area contributed by atoms with Gasteiger partial charge in [0.25, 0.3) is 5.91 Å². The van der Waals surface area contributed by atoms with E-state index in [1.54, 1.807) is 0 Å². The smallest absolute Gasteiger partial charge is 0.255 e. The second kappa shape index (κ2) is 12.3.